The SMILES string of the molecule is COc1ccc(O)c(C(=O)N2CCCCCC2C(=O)O)c1. The van der Waals surface area contributed by atoms with E-state index in [0.717, 1.165) is 19.3 Å². The topological polar surface area (TPSA) is 87.1 Å². The predicted molar refractivity (Wildman–Crippen MR) is 75.6 cm³/mol. The van der Waals surface area contributed by atoms with Crippen molar-refractivity contribution in [1.82, 2.24) is 4.90 Å². The molecule has 0 saturated carbocycles. The summed E-state index contributed by atoms with van der Waals surface area (Å²) in [6.07, 6.45) is 2.88. The van der Waals surface area contributed by atoms with E-state index in [9.17, 15) is 19.8 Å². The molecule has 0 aromatic heterocycles. The standard InChI is InChI=1S/C15H19NO5/c1-21-10-6-7-13(17)11(9-10)14(18)16-8-4-2-3-5-12(16)15(19)20/h6-7,9,12,17H,2-5,8H2,1H3,(H,19,20). The summed E-state index contributed by atoms with van der Waals surface area (Å²) in [5.74, 6) is -1.21. The van der Waals surface area contributed by atoms with Gasteiger partial charge in [-0.25, -0.2) is 4.79 Å². The Morgan fingerprint density at radius 2 is 2.05 bits per heavy atom. The van der Waals surface area contributed by atoms with Crippen molar-refractivity contribution in [3.05, 3.63) is 23.8 Å². The Morgan fingerprint density at radius 3 is 2.71 bits per heavy atom. The number of phenolic OH excluding ortho intramolecular Hbond substituents is 1. The van der Waals surface area contributed by atoms with E-state index in [1.54, 1.807) is 6.07 Å². The second kappa shape index (κ2) is 6.47. The molecule has 1 aromatic rings. The maximum Gasteiger partial charge on any atom is 0.326 e. The van der Waals surface area contributed by atoms with Crippen LogP contribution < -0.4 is 4.74 Å². The fraction of sp³-hybridized carbons (Fsp3) is 0.467. The number of carbonyl (C=O) groups excluding carboxylic acids is 1. The third-order valence-electron chi connectivity index (χ3n) is 3.73. The van der Waals surface area contributed by atoms with Gasteiger partial charge in [-0.2, -0.15) is 0 Å². The van der Waals surface area contributed by atoms with Gasteiger partial charge >= 0.3 is 5.97 Å². The number of benzene rings is 1. The van der Waals surface area contributed by atoms with Gasteiger partial charge in [-0.15, -0.1) is 0 Å². The zero-order valence-corrected chi connectivity index (χ0v) is 11.9. The highest BCUT2D eigenvalue weighted by Gasteiger charge is 2.32. The van der Waals surface area contributed by atoms with Gasteiger partial charge in [0.15, 0.2) is 0 Å². The van der Waals surface area contributed by atoms with Crippen LogP contribution in [0.4, 0.5) is 0 Å². The van der Waals surface area contributed by atoms with E-state index in [-0.39, 0.29) is 11.3 Å². The smallest absolute Gasteiger partial charge is 0.326 e. The summed E-state index contributed by atoms with van der Waals surface area (Å²) < 4.78 is 5.05. The van der Waals surface area contributed by atoms with Crippen molar-refractivity contribution in [2.45, 2.75) is 31.7 Å². The zero-order chi connectivity index (χ0) is 15.4. The van der Waals surface area contributed by atoms with Gasteiger partial charge in [-0.1, -0.05) is 12.8 Å². The number of ether oxygens (including phenoxy) is 1. The highest BCUT2D eigenvalue weighted by atomic mass is 16.5. The summed E-state index contributed by atoms with van der Waals surface area (Å²) in [4.78, 5) is 25.3. The number of aliphatic carboxylic acids is 1. The molecule has 6 nitrogen and oxygen atoms in total. The minimum atomic E-state index is -1.01. The first-order valence-corrected chi connectivity index (χ1v) is 6.95. The minimum Gasteiger partial charge on any atom is -0.507 e. The van der Waals surface area contributed by atoms with Gasteiger partial charge in [0.25, 0.3) is 5.91 Å². The third-order valence-corrected chi connectivity index (χ3v) is 3.73. The van der Waals surface area contributed by atoms with E-state index in [4.69, 9.17) is 4.74 Å². The number of carboxylic acid groups (broad SMARTS) is 1. The van der Waals surface area contributed by atoms with Crippen LogP contribution in [0.25, 0.3) is 0 Å². The number of hydrogen-bond acceptors (Lipinski definition) is 4. The van der Waals surface area contributed by atoms with Crippen LogP contribution in [0.15, 0.2) is 18.2 Å². The van der Waals surface area contributed by atoms with Crippen LogP contribution in [0, 0.1) is 0 Å². The lowest BCUT2D eigenvalue weighted by molar-refractivity contribution is -0.142. The quantitative estimate of drug-likeness (QED) is 0.888. The predicted octanol–water partition coefficient (Wildman–Crippen LogP) is 1.87. The molecule has 114 valence electrons. The highest BCUT2D eigenvalue weighted by Crippen LogP contribution is 2.27. The van der Waals surface area contributed by atoms with Crippen LogP contribution in [0.1, 0.15) is 36.0 Å². The summed E-state index contributed by atoms with van der Waals surface area (Å²) in [6, 6.07) is 3.51. The average molecular weight is 293 g/mol. The maximum absolute atomic E-state index is 12.6. The van der Waals surface area contributed by atoms with Crippen molar-refractivity contribution in [3.8, 4) is 11.5 Å². The number of carbonyl (C=O) groups is 2. The summed E-state index contributed by atoms with van der Waals surface area (Å²) in [5, 5.41) is 19.2. The lowest BCUT2D eigenvalue weighted by Gasteiger charge is -2.27. The highest BCUT2D eigenvalue weighted by molar-refractivity contribution is 5.99. The Bertz CT molecular complexity index is 543. The van der Waals surface area contributed by atoms with Gasteiger partial charge < -0.3 is 19.8 Å². The van der Waals surface area contributed by atoms with E-state index in [0.29, 0.717) is 18.7 Å². The number of carboxylic acids is 1. The number of nitrogens with zero attached hydrogens (tertiary/aromatic N) is 1. The number of rotatable bonds is 3. The van der Waals surface area contributed by atoms with Crippen LogP contribution >= 0.6 is 0 Å². The molecule has 1 heterocycles. The average Bonchev–Trinajstić information content (AvgIpc) is 2.73. The molecule has 21 heavy (non-hydrogen) atoms. The first-order chi connectivity index (χ1) is 10.0. The lowest BCUT2D eigenvalue weighted by atomic mass is 10.1. The van der Waals surface area contributed by atoms with Gasteiger partial charge in [0.05, 0.1) is 12.7 Å². The molecule has 1 saturated heterocycles. The fourth-order valence-corrected chi connectivity index (χ4v) is 2.58. The van der Waals surface area contributed by atoms with Gasteiger partial charge in [-0.3, -0.25) is 4.79 Å². The van der Waals surface area contributed by atoms with Crippen molar-refractivity contribution in [3.63, 3.8) is 0 Å². The van der Waals surface area contributed by atoms with Crippen molar-refractivity contribution in [1.29, 1.82) is 0 Å². The van der Waals surface area contributed by atoms with Crippen molar-refractivity contribution >= 4 is 11.9 Å². The van der Waals surface area contributed by atoms with E-state index in [1.165, 1.54) is 24.1 Å². The number of amides is 1. The number of phenols is 1. The van der Waals surface area contributed by atoms with E-state index >= 15 is 0 Å². The molecular formula is C15H19NO5. The van der Waals surface area contributed by atoms with Gasteiger partial charge in [-0.05, 0) is 31.0 Å². The Hall–Kier alpha value is -2.24. The molecule has 0 spiro atoms. The normalized spacial score (nSPS) is 18.9. The lowest BCUT2D eigenvalue weighted by Crippen LogP contribution is -2.44. The molecule has 1 aliphatic heterocycles. The molecule has 0 radical (unpaired) electrons. The molecule has 1 amide bonds. The van der Waals surface area contributed by atoms with Crippen LogP contribution in [0.5, 0.6) is 11.5 Å². The van der Waals surface area contributed by atoms with Crippen LogP contribution in [0.2, 0.25) is 0 Å². The van der Waals surface area contributed by atoms with E-state index in [1.807, 2.05) is 0 Å². The number of likely N-dealkylation sites (tertiary alicyclic amines) is 1. The molecule has 1 fully saturated rings. The summed E-state index contributed by atoms with van der Waals surface area (Å²) in [6.45, 7) is 0.381. The molecule has 0 aliphatic carbocycles. The third kappa shape index (κ3) is 3.26. The Labute approximate surface area is 122 Å². The van der Waals surface area contributed by atoms with E-state index < -0.39 is 17.9 Å². The van der Waals surface area contributed by atoms with Gasteiger partial charge in [0, 0.05) is 6.54 Å². The monoisotopic (exact) mass is 293 g/mol. The first-order valence-electron chi connectivity index (χ1n) is 6.95. The van der Waals surface area contributed by atoms with Gasteiger partial charge in [0.1, 0.15) is 17.5 Å². The largest absolute Gasteiger partial charge is 0.507 e. The summed E-state index contributed by atoms with van der Waals surface area (Å²) >= 11 is 0. The molecule has 6 heteroatoms. The van der Waals surface area contributed by atoms with Crippen molar-refractivity contribution in [2.75, 3.05) is 13.7 Å². The van der Waals surface area contributed by atoms with Gasteiger partial charge in [0.2, 0.25) is 0 Å². The number of hydrogen-bond donors (Lipinski definition) is 2. The Balaban J connectivity index is 2.33. The molecule has 0 bridgehead atoms. The molecule has 1 aliphatic rings. The molecule has 1 atom stereocenters. The van der Waals surface area contributed by atoms with Crippen LogP contribution in [-0.2, 0) is 4.79 Å². The zero-order valence-electron chi connectivity index (χ0n) is 11.9. The maximum atomic E-state index is 12.6. The van der Waals surface area contributed by atoms with E-state index in [2.05, 4.69) is 0 Å². The molecule has 1 unspecified atom stereocenters. The van der Waals surface area contributed by atoms with Crippen LogP contribution in [-0.4, -0.2) is 46.7 Å². The summed E-state index contributed by atoms with van der Waals surface area (Å²) in [5.41, 5.74) is 0.0718. The number of aromatic hydroxyl groups is 1. The second-order valence-electron chi connectivity index (χ2n) is 5.08. The molecule has 1 aromatic carbocycles. The second-order valence-corrected chi connectivity index (χ2v) is 5.08. The number of methoxy groups -OCH3 is 1. The summed E-state index contributed by atoms with van der Waals surface area (Å²) in [7, 11) is 1.46. The molecular weight excluding hydrogens is 274 g/mol. The van der Waals surface area contributed by atoms with Crippen molar-refractivity contribution in [2.24, 2.45) is 0 Å². The Morgan fingerprint density at radius 1 is 1.29 bits per heavy atom. The molecule has 2 N–H and O–H groups in total. The van der Waals surface area contributed by atoms with Crippen molar-refractivity contribution < 1.29 is 24.5 Å². The molecule has 2 rings (SSSR count). The first kappa shape index (κ1) is 15.2. The van der Waals surface area contributed by atoms with Crippen LogP contribution in [0.3, 0.4) is 0 Å². The Kier molecular flexibility index (Phi) is 4.67. The fourth-order valence-electron chi connectivity index (χ4n) is 2.58. The minimum absolute atomic E-state index is 0.0718.